The van der Waals surface area contributed by atoms with E-state index in [1.165, 1.54) is 4.57 Å². The molecule has 4 aromatic rings. The summed E-state index contributed by atoms with van der Waals surface area (Å²) in [7, 11) is 1.59. The normalized spacial score (nSPS) is 12.5. The maximum absolute atomic E-state index is 13.4. The fraction of sp³-hybridized carbons (Fsp3) is 0.391. The molecular weight excluding hydrogens is 410 g/mol. The van der Waals surface area contributed by atoms with Crippen molar-refractivity contribution in [2.24, 2.45) is 7.05 Å². The van der Waals surface area contributed by atoms with Gasteiger partial charge in [0.05, 0.1) is 19.1 Å². The third kappa shape index (κ3) is 3.24. The second-order valence-electron chi connectivity index (χ2n) is 7.90. The van der Waals surface area contributed by atoms with E-state index in [1.54, 1.807) is 14.0 Å². The fourth-order valence-corrected chi connectivity index (χ4v) is 4.25. The van der Waals surface area contributed by atoms with Gasteiger partial charge in [0.1, 0.15) is 0 Å². The number of carbonyl (C=O) groups excluding carboxylic acids is 1. The Balaban J connectivity index is 1.95. The van der Waals surface area contributed by atoms with E-state index in [0.717, 1.165) is 21.5 Å². The molecule has 0 aliphatic heterocycles. The summed E-state index contributed by atoms with van der Waals surface area (Å²) in [5.41, 5.74) is 2.64. The minimum Gasteiger partial charge on any atom is -0.466 e. The van der Waals surface area contributed by atoms with Crippen LogP contribution < -0.4 is 11.2 Å². The number of ether oxygens (including phenoxy) is 1. The van der Waals surface area contributed by atoms with Gasteiger partial charge in [0.25, 0.3) is 5.56 Å². The van der Waals surface area contributed by atoms with Gasteiger partial charge in [-0.1, -0.05) is 30.3 Å². The molecule has 168 valence electrons. The standard InChI is InChI=1S/C23H27N5O4/c1-6-32-18(29)12-13-26-21(30)19-20(25(5)23(26)31)24-22-27(14(2)15(3)28(19)22)16(4)17-10-8-7-9-11-17/h7-11,16H,6,12-13H2,1-5H3/t16-/m1/s1. The smallest absolute Gasteiger partial charge is 0.332 e. The molecule has 3 aromatic heterocycles. The summed E-state index contributed by atoms with van der Waals surface area (Å²) >= 11 is 0. The minimum absolute atomic E-state index is 0.0210. The molecular formula is C23H27N5O4. The second kappa shape index (κ2) is 8.14. The largest absolute Gasteiger partial charge is 0.466 e. The van der Waals surface area contributed by atoms with Crippen molar-refractivity contribution in [1.82, 2.24) is 23.1 Å². The van der Waals surface area contributed by atoms with Crippen LogP contribution in [0.1, 0.15) is 43.3 Å². The molecule has 3 heterocycles. The Hall–Kier alpha value is -3.62. The van der Waals surface area contributed by atoms with Crippen LogP contribution >= 0.6 is 0 Å². The maximum Gasteiger partial charge on any atom is 0.332 e. The van der Waals surface area contributed by atoms with E-state index < -0.39 is 17.2 Å². The Bertz CT molecular complexity index is 1440. The highest BCUT2D eigenvalue weighted by atomic mass is 16.5. The number of hydrogen-bond donors (Lipinski definition) is 0. The van der Waals surface area contributed by atoms with Crippen LogP contribution in [0.25, 0.3) is 16.9 Å². The minimum atomic E-state index is -0.510. The van der Waals surface area contributed by atoms with Gasteiger partial charge in [-0.2, -0.15) is 4.98 Å². The molecule has 0 bridgehead atoms. The summed E-state index contributed by atoms with van der Waals surface area (Å²) in [6, 6.07) is 10.0. The molecule has 32 heavy (non-hydrogen) atoms. The molecule has 0 amide bonds. The first-order valence-corrected chi connectivity index (χ1v) is 10.7. The highest BCUT2D eigenvalue weighted by Gasteiger charge is 2.25. The molecule has 0 N–H and O–H groups in total. The van der Waals surface area contributed by atoms with E-state index in [4.69, 9.17) is 9.72 Å². The summed E-state index contributed by atoms with van der Waals surface area (Å²) in [6.45, 7) is 7.93. The third-order valence-electron chi connectivity index (χ3n) is 6.07. The van der Waals surface area contributed by atoms with E-state index in [0.29, 0.717) is 16.9 Å². The van der Waals surface area contributed by atoms with Crippen LogP contribution in [0.2, 0.25) is 0 Å². The molecule has 0 unspecified atom stereocenters. The van der Waals surface area contributed by atoms with Crippen molar-refractivity contribution in [1.29, 1.82) is 0 Å². The van der Waals surface area contributed by atoms with Gasteiger partial charge in [-0.15, -0.1) is 0 Å². The summed E-state index contributed by atoms with van der Waals surface area (Å²) in [5, 5.41) is 0. The number of esters is 1. The summed E-state index contributed by atoms with van der Waals surface area (Å²) in [4.78, 5) is 42.8. The average Bonchev–Trinajstić information content (AvgIpc) is 3.28. The maximum atomic E-state index is 13.4. The summed E-state index contributed by atoms with van der Waals surface area (Å²) in [6.07, 6.45) is -0.0551. The molecule has 1 atom stereocenters. The van der Waals surface area contributed by atoms with Gasteiger partial charge in [-0.05, 0) is 33.3 Å². The number of imidazole rings is 2. The average molecular weight is 438 g/mol. The predicted molar refractivity (Wildman–Crippen MR) is 121 cm³/mol. The number of rotatable bonds is 6. The Morgan fingerprint density at radius 2 is 1.81 bits per heavy atom. The number of aromatic nitrogens is 5. The van der Waals surface area contributed by atoms with Gasteiger partial charge >= 0.3 is 11.7 Å². The highest BCUT2D eigenvalue weighted by molar-refractivity contribution is 5.76. The van der Waals surface area contributed by atoms with Crippen LogP contribution in [0.3, 0.4) is 0 Å². The number of benzene rings is 1. The van der Waals surface area contributed by atoms with Gasteiger partial charge in [0.2, 0.25) is 5.78 Å². The number of carbonyl (C=O) groups is 1. The summed E-state index contributed by atoms with van der Waals surface area (Å²) in [5.74, 6) is 0.149. The zero-order valence-corrected chi connectivity index (χ0v) is 19.0. The zero-order chi connectivity index (χ0) is 23.2. The molecule has 9 nitrogen and oxygen atoms in total. The second-order valence-corrected chi connectivity index (χ2v) is 7.90. The molecule has 0 spiro atoms. The molecule has 9 heteroatoms. The van der Waals surface area contributed by atoms with Gasteiger partial charge in [-0.3, -0.25) is 23.1 Å². The molecule has 0 saturated heterocycles. The molecule has 1 aromatic carbocycles. The van der Waals surface area contributed by atoms with Crippen molar-refractivity contribution >= 4 is 22.9 Å². The van der Waals surface area contributed by atoms with Crippen molar-refractivity contribution in [3.05, 3.63) is 68.1 Å². The number of nitrogens with zero attached hydrogens (tertiary/aromatic N) is 5. The van der Waals surface area contributed by atoms with Gasteiger partial charge in [0.15, 0.2) is 11.2 Å². The third-order valence-corrected chi connectivity index (χ3v) is 6.07. The van der Waals surface area contributed by atoms with E-state index in [-0.39, 0.29) is 25.6 Å². The topological polar surface area (TPSA) is 92.5 Å². The molecule has 0 aliphatic rings. The zero-order valence-electron chi connectivity index (χ0n) is 19.0. The highest BCUT2D eigenvalue weighted by Crippen LogP contribution is 2.27. The first-order valence-electron chi connectivity index (χ1n) is 10.7. The van der Waals surface area contributed by atoms with Crippen molar-refractivity contribution in [3.63, 3.8) is 0 Å². The first-order chi connectivity index (χ1) is 15.3. The summed E-state index contributed by atoms with van der Waals surface area (Å²) < 4.78 is 11.3. The Labute approximate surface area is 184 Å². The van der Waals surface area contributed by atoms with E-state index in [9.17, 15) is 14.4 Å². The monoisotopic (exact) mass is 437 g/mol. The van der Waals surface area contributed by atoms with Crippen LogP contribution in [0, 0.1) is 13.8 Å². The number of hydrogen-bond acceptors (Lipinski definition) is 5. The van der Waals surface area contributed by atoms with Crippen LogP contribution in [0.4, 0.5) is 0 Å². The van der Waals surface area contributed by atoms with Crippen LogP contribution in [0.5, 0.6) is 0 Å². The van der Waals surface area contributed by atoms with Crippen LogP contribution in [-0.4, -0.2) is 35.7 Å². The lowest BCUT2D eigenvalue weighted by Crippen LogP contribution is -2.40. The van der Waals surface area contributed by atoms with Crippen LogP contribution in [-0.2, 0) is 23.1 Å². The van der Waals surface area contributed by atoms with E-state index in [2.05, 4.69) is 23.6 Å². The number of aryl methyl sites for hydroxylation is 2. The quantitative estimate of drug-likeness (QED) is 0.432. The Kier molecular flexibility index (Phi) is 5.50. The van der Waals surface area contributed by atoms with Crippen molar-refractivity contribution in [3.8, 4) is 0 Å². The van der Waals surface area contributed by atoms with Gasteiger partial charge in [-0.25, -0.2) is 4.79 Å². The van der Waals surface area contributed by atoms with Crippen LogP contribution in [0.15, 0.2) is 39.9 Å². The Morgan fingerprint density at radius 1 is 1.12 bits per heavy atom. The van der Waals surface area contributed by atoms with Gasteiger partial charge < -0.3 is 9.30 Å². The van der Waals surface area contributed by atoms with E-state index in [1.807, 2.05) is 36.4 Å². The Morgan fingerprint density at radius 3 is 2.47 bits per heavy atom. The van der Waals surface area contributed by atoms with Crippen molar-refractivity contribution in [2.75, 3.05) is 6.61 Å². The molecule has 0 fully saturated rings. The molecule has 0 radical (unpaired) electrons. The fourth-order valence-electron chi connectivity index (χ4n) is 4.25. The van der Waals surface area contributed by atoms with Crippen molar-refractivity contribution in [2.45, 2.75) is 46.7 Å². The molecule has 0 aliphatic carbocycles. The number of fused-ring (bicyclic) bond motifs is 3. The SMILES string of the molecule is CCOC(=O)CCn1c(=O)c2c(nc3n([C@H](C)c4ccccc4)c(C)c(C)n23)n(C)c1=O. The van der Waals surface area contributed by atoms with Crippen molar-refractivity contribution < 1.29 is 9.53 Å². The van der Waals surface area contributed by atoms with Gasteiger partial charge in [0, 0.05) is 25.0 Å². The first kappa shape index (κ1) is 21.6. The lowest BCUT2D eigenvalue weighted by molar-refractivity contribution is -0.143. The lowest BCUT2D eigenvalue weighted by atomic mass is 10.1. The molecule has 4 rings (SSSR count). The lowest BCUT2D eigenvalue weighted by Gasteiger charge is -2.16. The predicted octanol–water partition coefficient (Wildman–Crippen LogP) is 2.33. The van der Waals surface area contributed by atoms with E-state index >= 15 is 0 Å². The molecule has 0 saturated carbocycles.